The minimum atomic E-state index is -4.52. The van der Waals surface area contributed by atoms with Gasteiger partial charge in [0.1, 0.15) is 17.5 Å². The van der Waals surface area contributed by atoms with Crippen LogP contribution in [0.1, 0.15) is 34.5 Å². The SMILES string of the molecule is Cc1cc(NC(=O)C2CCN(C(=O)c3ccc(F)cc3F)CC2)n(-c2cccc(C(F)(F)F)c2)n1. The summed E-state index contributed by atoms with van der Waals surface area (Å²) >= 11 is 0. The van der Waals surface area contributed by atoms with E-state index in [-0.39, 0.29) is 36.1 Å². The first-order valence-electron chi connectivity index (χ1n) is 10.8. The molecule has 2 aromatic carbocycles. The predicted octanol–water partition coefficient (Wildman–Crippen LogP) is 4.97. The highest BCUT2D eigenvalue weighted by Crippen LogP contribution is 2.31. The standard InChI is InChI=1S/C24H21F5N4O2/c1-14-11-21(33(31-14)18-4-2-3-16(12-18)24(27,28)29)30-22(34)15-7-9-32(10-8-15)23(35)19-6-5-17(25)13-20(19)26/h2-6,11-13,15H,7-10H2,1H3,(H,30,34). The number of carbonyl (C=O) groups is 2. The third kappa shape index (κ3) is 5.33. The van der Waals surface area contributed by atoms with Crippen LogP contribution in [0.15, 0.2) is 48.5 Å². The van der Waals surface area contributed by atoms with Crippen molar-refractivity contribution in [2.45, 2.75) is 25.9 Å². The van der Waals surface area contributed by atoms with Gasteiger partial charge in [-0.1, -0.05) is 6.07 Å². The molecular formula is C24H21F5N4O2. The number of hydrogen-bond acceptors (Lipinski definition) is 3. The van der Waals surface area contributed by atoms with Crippen LogP contribution in [0.3, 0.4) is 0 Å². The van der Waals surface area contributed by atoms with Crippen molar-refractivity contribution in [3.05, 3.63) is 77.0 Å². The van der Waals surface area contributed by atoms with Crippen LogP contribution in [0.5, 0.6) is 0 Å². The molecule has 1 N–H and O–H groups in total. The second-order valence-corrected chi connectivity index (χ2v) is 8.31. The molecule has 0 atom stereocenters. The molecule has 0 unspecified atom stereocenters. The largest absolute Gasteiger partial charge is 0.416 e. The van der Waals surface area contributed by atoms with Gasteiger partial charge in [0.2, 0.25) is 5.91 Å². The number of benzene rings is 2. The van der Waals surface area contributed by atoms with Crippen molar-refractivity contribution in [1.29, 1.82) is 0 Å². The summed E-state index contributed by atoms with van der Waals surface area (Å²) in [6.07, 6.45) is -3.92. The Bertz CT molecular complexity index is 1260. The van der Waals surface area contributed by atoms with Crippen LogP contribution in [-0.2, 0) is 11.0 Å². The lowest BCUT2D eigenvalue weighted by Gasteiger charge is -2.31. The van der Waals surface area contributed by atoms with Crippen molar-refractivity contribution in [3.63, 3.8) is 0 Å². The van der Waals surface area contributed by atoms with Crippen LogP contribution in [0, 0.1) is 24.5 Å². The Balaban J connectivity index is 1.43. The third-order valence-corrected chi connectivity index (χ3v) is 5.82. The summed E-state index contributed by atoms with van der Waals surface area (Å²) in [5, 5.41) is 6.93. The molecule has 1 saturated heterocycles. The highest BCUT2D eigenvalue weighted by Gasteiger charge is 2.32. The van der Waals surface area contributed by atoms with E-state index in [0.29, 0.717) is 24.6 Å². The minimum absolute atomic E-state index is 0.143. The number of carbonyl (C=O) groups excluding carboxylic acids is 2. The summed E-state index contributed by atoms with van der Waals surface area (Å²) in [4.78, 5) is 26.9. The summed E-state index contributed by atoms with van der Waals surface area (Å²) < 4.78 is 67.6. The number of nitrogens with one attached hydrogen (secondary N) is 1. The van der Waals surface area contributed by atoms with Gasteiger partial charge in [-0.25, -0.2) is 13.5 Å². The second kappa shape index (κ2) is 9.47. The maximum absolute atomic E-state index is 14.0. The summed E-state index contributed by atoms with van der Waals surface area (Å²) in [5.41, 5.74) is -0.436. The molecular weight excluding hydrogens is 471 g/mol. The number of alkyl halides is 3. The maximum Gasteiger partial charge on any atom is 0.416 e. The Hall–Kier alpha value is -3.76. The Labute approximate surface area is 197 Å². The summed E-state index contributed by atoms with van der Waals surface area (Å²) in [7, 11) is 0. The van der Waals surface area contributed by atoms with E-state index in [0.717, 1.165) is 24.3 Å². The number of hydrogen-bond donors (Lipinski definition) is 1. The molecule has 0 bridgehead atoms. The lowest BCUT2D eigenvalue weighted by atomic mass is 9.95. The van der Waals surface area contributed by atoms with E-state index in [1.54, 1.807) is 13.0 Å². The molecule has 1 aromatic heterocycles. The van der Waals surface area contributed by atoms with E-state index in [4.69, 9.17) is 0 Å². The number of rotatable bonds is 4. The average Bonchev–Trinajstić information content (AvgIpc) is 3.18. The highest BCUT2D eigenvalue weighted by atomic mass is 19.4. The fourth-order valence-corrected chi connectivity index (χ4v) is 4.01. The summed E-state index contributed by atoms with van der Waals surface area (Å²) in [6, 6.07) is 8.89. The monoisotopic (exact) mass is 492 g/mol. The molecule has 0 saturated carbocycles. The topological polar surface area (TPSA) is 67.2 Å². The molecule has 6 nitrogen and oxygen atoms in total. The number of likely N-dealkylation sites (tertiary alicyclic amines) is 1. The molecule has 0 spiro atoms. The van der Waals surface area contributed by atoms with Gasteiger partial charge in [0.05, 0.1) is 22.5 Å². The minimum Gasteiger partial charge on any atom is -0.339 e. The quantitative estimate of drug-likeness (QED) is 0.523. The van der Waals surface area contributed by atoms with E-state index in [9.17, 15) is 31.5 Å². The first kappa shape index (κ1) is 24.4. The average molecular weight is 492 g/mol. The van der Waals surface area contributed by atoms with E-state index < -0.39 is 35.2 Å². The fourth-order valence-electron chi connectivity index (χ4n) is 4.01. The first-order valence-corrected chi connectivity index (χ1v) is 10.8. The Morgan fingerprint density at radius 3 is 2.40 bits per heavy atom. The van der Waals surface area contributed by atoms with Crippen molar-refractivity contribution in [3.8, 4) is 5.69 Å². The second-order valence-electron chi connectivity index (χ2n) is 8.31. The van der Waals surface area contributed by atoms with Crippen molar-refractivity contribution < 1.29 is 31.5 Å². The molecule has 35 heavy (non-hydrogen) atoms. The normalized spacial score (nSPS) is 14.7. The highest BCUT2D eigenvalue weighted by molar-refractivity contribution is 5.95. The molecule has 0 aliphatic carbocycles. The number of aromatic nitrogens is 2. The number of nitrogens with zero attached hydrogens (tertiary/aromatic N) is 3. The zero-order chi connectivity index (χ0) is 25.3. The number of anilines is 1. The number of halogens is 5. The van der Waals surface area contributed by atoms with Crippen LogP contribution >= 0.6 is 0 Å². The van der Waals surface area contributed by atoms with Crippen LogP contribution in [-0.4, -0.2) is 39.6 Å². The fraction of sp³-hybridized carbons (Fsp3) is 0.292. The summed E-state index contributed by atoms with van der Waals surface area (Å²) in [5.74, 6) is -2.93. The summed E-state index contributed by atoms with van der Waals surface area (Å²) in [6.45, 7) is 2.04. The van der Waals surface area contributed by atoms with Crippen molar-refractivity contribution in [1.82, 2.24) is 14.7 Å². The Kier molecular flexibility index (Phi) is 6.60. The number of piperidine rings is 1. The van der Waals surface area contributed by atoms with Gasteiger partial charge in [-0.15, -0.1) is 0 Å². The lowest BCUT2D eigenvalue weighted by molar-refractivity contribution is -0.137. The van der Waals surface area contributed by atoms with Gasteiger partial charge >= 0.3 is 6.18 Å². The van der Waals surface area contributed by atoms with Crippen LogP contribution in [0.2, 0.25) is 0 Å². The molecule has 11 heteroatoms. The molecule has 4 rings (SSSR count). The molecule has 0 radical (unpaired) electrons. The van der Waals surface area contributed by atoms with E-state index >= 15 is 0 Å². The molecule has 3 aromatic rings. The van der Waals surface area contributed by atoms with E-state index in [1.807, 2.05) is 0 Å². The van der Waals surface area contributed by atoms with E-state index in [2.05, 4.69) is 10.4 Å². The maximum atomic E-state index is 14.0. The smallest absolute Gasteiger partial charge is 0.339 e. The number of amides is 2. The molecule has 1 aliphatic heterocycles. The molecule has 1 aliphatic rings. The van der Waals surface area contributed by atoms with Gasteiger partial charge in [-0.05, 0) is 50.1 Å². The molecule has 1 fully saturated rings. The zero-order valence-corrected chi connectivity index (χ0v) is 18.6. The molecule has 2 amide bonds. The van der Waals surface area contributed by atoms with E-state index in [1.165, 1.54) is 21.7 Å². The Morgan fingerprint density at radius 2 is 1.74 bits per heavy atom. The third-order valence-electron chi connectivity index (χ3n) is 5.82. The first-order chi connectivity index (χ1) is 16.5. The van der Waals surface area contributed by atoms with Crippen molar-refractivity contribution >= 4 is 17.6 Å². The van der Waals surface area contributed by atoms with Gasteiger partial charge < -0.3 is 10.2 Å². The predicted molar refractivity (Wildman–Crippen MR) is 117 cm³/mol. The van der Waals surface area contributed by atoms with Gasteiger partial charge in [0.25, 0.3) is 5.91 Å². The van der Waals surface area contributed by atoms with Crippen LogP contribution < -0.4 is 5.32 Å². The van der Waals surface area contributed by atoms with Crippen molar-refractivity contribution in [2.75, 3.05) is 18.4 Å². The lowest BCUT2D eigenvalue weighted by Crippen LogP contribution is -2.41. The Morgan fingerprint density at radius 1 is 1.03 bits per heavy atom. The number of aryl methyl sites for hydroxylation is 1. The van der Waals surface area contributed by atoms with Gasteiger partial charge in [-0.3, -0.25) is 9.59 Å². The van der Waals surface area contributed by atoms with Gasteiger partial charge in [0, 0.05) is 31.1 Å². The molecule has 184 valence electrons. The van der Waals surface area contributed by atoms with Gasteiger partial charge in [-0.2, -0.15) is 18.3 Å². The molecule has 2 heterocycles. The van der Waals surface area contributed by atoms with Crippen LogP contribution in [0.4, 0.5) is 27.8 Å². The van der Waals surface area contributed by atoms with Crippen molar-refractivity contribution in [2.24, 2.45) is 5.92 Å². The zero-order valence-electron chi connectivity index (χ0n) is 18.6. The van der Waals surface area contributed by atoms with Gasteiger partial charge in [0.15, 0.2) is 0 Å². The van der Waals surface area contributed by atoms with Crippen LogP contribution in [0.25, 0.3) is 5.69 Å².